The number of benzene rings is 1. The first-order chi connectivity index (χ1) is 11.8. The number of hydrogen-bond acceptors (Lipinski definition) is 6. The van der Waals surface area contributed by atoms with Crippen molar-refractivity contribution in [3.8, 4) is 5.75 Å². The van der Waals surface area contributed by atoms with Crippen LogP contribution < -0.4 is 10.1 Å². The van der Waals surface area contributed by atoms with E-state index < -0.39 is 24.4 Å². The highest BCUT2D eigenvalue weighted by Crippen LogP contribution is 2.16. The van der Waals surface area contributed by atoms with E-state index >= 15 is 0 Å². The number of ketones is 1. The molecule has 1 rings (SSSR count). The molecule has 0 saturated carbocycles. The minimum absolute atomic E-state index is 0.0668. The van der Waals surface area contributed by atoms with Gasteiger partial charge in [-0.25, -0.2) is 0 Å². The highest BCUT2D eigenvalue weighted by molar-refractivity contribution is 5.95. The number of hydrogen-bond donors (Lipinski definition) is 1. The molecule has 1 N–H and O–H groups in total. The summed E-state index contributed by atoms with van der Waals surface area (Å²) in [7, 11) is 2.95. The van der Waals surface area contributed by atoms with Crippen molar-refractivity contribution < 1.29 is 28.7 Å². The Morgan fingerprint density at radius 2 is 1.88 bits per heavy atom. The Labute approximate surface area is 146 Å². The number of carbonyl (C=O) groups is 4. The fourth-order valence-electron chi connectivity index (χ4n) is 1.81. The standard InChI is InChI=1S/C17H22N2O6/c1-12(20)7-8-17(23)25-11-16(22)19(2)10-15(21)18-13-5-4-6-14(9-13)24-3/h4-6,9H,7-8,10-11H2,1-3H3,(H,18,21). The predicted octanol–water partition coefficient (Wildman–Crippen LogP) is 1.00. The summed E-state index contributed by atoms with van der Waals surface area (Å²) in [5, 5.41) is 2.64. The summed E-state index contributed by atoms with van der Waals surface area (Å²) in [5.74, 6) is -1.07. The van der Waals surface area contributed by atoms with E-state index in [0.29, 0.717) is 11.4 Å². The Hall–Kier alpha value is -2.90. The number of esters is 1. The minimum atomic E-state index is -0.627. The first-order valence-corrected chi connectivity index (χ1v) is 7.64. The topological polar surface area (TPSA) is 102 Å². The summed E-state index contributed by atoms with van der Waals surface area (Å²) in [4.78, 5) is 47.1. The molecule has 0 aliphatic carbocycles. The fourth-order valence-corrected chi connectivity index (χ4v) is 1.81. The third-order valence-electron chi connectivity index (χ3n) is 3.20. The summed E-state index contributed by atoms with van der Waals surface area (Å²) < 4.78 is 9.83. The third kappa shape index (κ3) is 7.96. The Morgan fingerprint density at radius 3 is 2.52 bits per heavy atom. The molecule has 0 bridgehead atoms. The highest BCUT2D eigenvalue weighted by Gasteiger charge is 2.15. The van der Waals surface area contributed by atoms with Crippen LogP contribution in [0.15, 0.2) is 24.3 Å². The van der Waals surface area contributed by atoms with Gasteiger partial charge in [0.1, 0.15) is 11.5 Å². The quantitative estimate of drug-likeness (QED) is 0.667. The predicted molar refractivity (Wildman–Crippen MR) is 90.1 cm³/mol. The van der Waals surface area contributed by atoms with Crippen molar-refractivity contribution >= 4 is 29.3 Å². The van der Waals surface area contributed by atoms with Crippen LogP contribution in [0.3, 0.4) is 0 Å². The van der Waals surface area contributed by atoms with Crippen molar-refractivity contribution in [3.63, 3.8) is 0 Å². The molecule has 0 atom stereocenters. The van der Waals surface area contributed by atoms with E-state index in [9.17, 15) is 19.2 Å². The number of carbonyl (C=O) groups excluding carboxylic acids is 4. The van der Waals surface area contributed by atoms with E-state index in [1.165, 1.54) is 21.1 Å². The molecular weight excluding hydrogens is 328 g/mol. The lowest BCUT2D eigenvalue weighted by Crippen LogP contribution is -2.37. The van der Waals surface area contributed by atoms with Crippen molar-refractivity contribution in [2.24, 2.45) is 0 Å². The Kier molecular flexibility index (Phi) is 8.11. The Morgan fingerprint density at radius 1 is 1.16 bits per heavy atom. The van der Waals surface area contributed by atoms with Gasteiger partial charge in [-0.15, -0.1) is 0 Å². The number of likely N-dealkylation sites (N-methyl/N-ethyl adjacent to an activating group) is 1. The van der Waals surface area contributed by atoms with Gasteiger partial charge in [0.25, 0.3) is 5.91 Å². The smallest absolute Gasteiger partial charge is 0.306 e. The van der Waals surface area contributed by atoms with E-state index in [1.807, 2.05) is 0 Å². The summed E-state index contributed by atoms with van der Waals surface area (Å²) >= 11 is 0. The Bertz CT molecular complexity index is 644. The van der Waals surface area contributed by atoms with Crippen LogP contribution in [-0.4, -0.2) is 55.8 Å². The molecule has 8 nitrogen and oxygen atoms in total. The maximum absolute atomic E-state index is 12.0. The molecule has 0 spiro atoms. The average Bonchev–Trinajstić information content (AvgIpc) is 2.57. The second-order valence-corrected chi connectivity index (χ2v) is 5.39. The van der Waals surface area contributed by atoms with Gasteiger partial charge in [0.2, 0.25) is 5.91 Å². The second-order valence-electron chi connectivity index (χ2n) is 5.39. The van der Waals surface area contributed by atoms with Gasteiger partial charge in [-0.1, -0.05) is 6.07 Å². The number of ether oxygens (including phenoxy) is 2. The molecule has 8 heteroatoms. The molecular formula is C17H22N2O6. The van der Waals surface area contributed by atoms with Gasteiger partial charge in [0.05, 0.1) is 20.1 Å². The van der Waals surface area contributed by atoms with E-state index in [1.54, 1.807) is 24.3 Å². The molecule has 0 aliphatic rings. The van der Waals surface area contributed by atoms with E-state index in [4.69, 9.17) is 9.47 Å². The summed E-state index contributed by atoms with van der Waals surface area (Å²) in [5.41, 5.74) is 0.542. The monoisotopic (exact) mass is 350 g/mol. The normalized spacial score (nSPS) is 9.88. The highest BCUT2D eigenvalue weighted by atomic mass is 16.5. The largest absolute Gasteiger partial charge is 0.497 e. The lowest BCUT2D eigenvalue weighted by molar-refractivity contribution is -0.152. The first kappa shape index (κ1) is 20.1. The molecule has 25 heavy (non-hydrogen) atoms. The fraction of sp³-hybridized carbons (Fsp3) is 0.412. The van der Waals surface area contributed by atoms with Crippen LogP contribution in [0, 0.1) is 0 Å². The van der Waals surface area contributed by atoms with Crippen molar-refractivity contribution in [3.05, 3.63) is 24.3 Å². The van der Waals surface area contributed by atoms with E-state index in [0.717, 1.165) is 4.90 Å². The SMILES string of the molecule is COc1cccc(NC(=O)CN(C)C(=O)COC(=O)CCC(C)=O)c1. The lowest BCUT2D eigenvalue weighted by Gasteiger charge is -2.17. The molecule has 0 radical (unpaired) electrons. The molecule has 1 aromatic carbocycles. The molecule has 0 saturated heterocycles. The van der Waals surface area contributed by atoms with Gasteiger partial charge >= 0.3 is 5.97 Å². The number of methoxy groups -OCH3 is 1. The van der Waals surface area contributed by atoms with Crippen LogP contribution in [0.2, 0.25) is 0 Å². The second kappa shape index (κ2) is 10.1. The lowest BCUT2D eigenvalue weighted by atomic mass is 10.2. The number of nitrogens with one attached hydrogen (secondary N) is 1. The van der Waals surface area contributed by atoms with E-state index in [-0.39, 0.29) is 25.2 Å². The maximum Gasteiger partial charge on any atom is 0.306 e. The molecule has 0 fully saturated rings. The zero-order valence-corrected chi connectivity index (χ0v) is 14.5. The minimum Gasteiger partial charge on any atom is -0.497 e. The van der Waals surface area contributed by atoms with Gasteiger partial charge in [-0.2, -0.15) is 0 Å². The molecule has 0 aromatic heterocycles. The van der Waals surface area contributed by atoms with Crippen LogP contribution >= 0.6 is 0 Å². The zero-order chi connectivity index (χ0) is 18.8. The average molecular weight is 350 g/mol. The molecule has 136 valence electrons. The number of rotatable bonds is 9. The Balaban J connectivity index is 2.39. The number of nitrogens with zero attached hydrogens (tertiary/aromatic N) is 1. The summed E-state index contributed by atoms with van der Waals surface area (Å²) in [6.45, 7) is 0.702. The van der Waals surface area contributed by atoms with Crippen LogP contribution in [0.1, 0.15) is 19.8 Å². The van der Waals surface area contributed by atoms with Gasteiger partial charge < -0.3 is 24.5 Å². The molecule has 1 aromatic rings. The van der Waals surface area contributed by atoms with Crippen molar-refractivity contribution in [2.75, 3.05) is 32.6 Å². The van der Waals surface area contributed by atoms with Gasteiger partial charge in [0, 0.05) is 25.2 Å². The van der Waals surface area contributed by atoms with Crippen molar-refractivity contribution in [2.45, 2.75) is 19.8 Å². The zero-order valence-electron chi connectivity index (χ0n) is 14.5. The number of anilines is 1. The van der Waals surface area contributed by atoms with Crippen molar-refractivity contribution in [1.29, 1.82) is 0 Å². The molecule has 0 aliphatic heterocycles. The van der Waals surface area contributed by atoms with Gasteiger partial charge in [-0.3, -0.25) is 14.4 Å². The molecule has 2 amide bonds. The van der Waals surface area contributed by atoms with Crippen LogP contribution in [0.25, 0.3) is 0 Å². The van der Waals surface area contributed by atoms with Crippen LogP contribution in [-0.2, 0) is 23.9 Å². The van der Waals surface area contributed by atoms with Crippen molar-refractivity contribution in [1.82, 2.24) is 4.90 Å². The van der Waals surface area contributed by atoms with Gasteiger partial charge in [-0.05, 0) is 19.1 Å². The number of amides is 2. The third-order valence-corrected chi connectivity index (χ3v) is 3.20. The van der Waals surface area contributed by atoms with E-state index in [2.05, 4.69) is 5.32 Å². The van der Waals surface area contributed by atoms with Crippen LogP contribution in [0.4, 0.5) is 5.69 Å². The van der Waals surface area contributed by atoms with Crippen LogP contribution in [0.5, 0.6) is 5.75 Å². The maximum atomic E-state index is 12.0. The summed E-state index contributed by atoms with van der Waals surface area (Å²) in [6.07, 6.45) is 0.00839. The molecule has 0 unspecified atom stereocenters. The number of Topliss-reactive ketones (excluding diaryl/α,β-unsaturated/α-hetero) is 1. The van der Waals surface area contributed by atoms with Gasteiger partial charge in [0.15, 0.2) is 6.61 Å². The molecule has 0 heterocycles. The first-order valence-electron chi connectivity index (χ1n) is 7.64. The summed E-state index contributed by atoms with van der Waals surface area (Å²) in [6, 6.07) is 6.81.